The first-order chi connectivity index (χ1) is 6.50. The van der Waals surface area contributed by atoms with Gasteiger partial charge in [-0.15, -0.1) is 0 Å². The summed E-state index contributed by atoms with van der Waals surface area (Å²) >= 11 is 5.81. The minimum absolute atomic E-state index is 0.00921. The molecule has 14 heavy (non-hydrogen) atoms. The molecule has 0 heterocycles. The van der Waals surface area contributed by atoms with Crippen LogP contribution in [0.25, 0.3) is 0 Å². The molecule has 76 valence electrons. The smallest absolute Gasteiger partial charge is 0.269 e. The number of aliphatic hydroxyl groups excluding tert-OH is 1. The summed E-state index contributed by atoms with van der Waals surface area (Å²) in [4.78, 5) is 9.97. The lowest BCUT2D eigenvalue weighted by Crippen LogP contribution is -2.05. The maximum atomic E-state index is 10.5. The van der Waals surface area contributed by atoms with Gasteiger partial charge in [0.15, 0.2) is 0 Å². The molecule has 0 spiro atoms. The molecule has 0 saturated carbocycles. The zero-order valence-corrected chi connectivity index (χ0v) is 8.36. The summed E-state index contributed by atoms with van der Waals surface area (Å²) in [5.41, 5.74) is 0.584. The maximum absolute atomic E-state index is 10.5. The van der Waals surface area contributed by atoms with Crippen LogP contribution >= 0.6 is 11.6 Å². The normalized spacial score (nSPS) is 12.5. The first-order valence-electron chi connectivity index (χ1n) is 4.11. The van der Waals surface area contributed by atoms with Gasteiger partial charge in [0.2, 0.25) is 0 Å². The first-order valence-corrected chi connectivity index (χ1v) is 4.49. The molecule has 0 amide bonds. The quantitative estimate of drug-likeness (QED) is 0.621. The number of benzene rings is 1. The van der Waals surface area contributed by atoms with Gasteiger partial charge in [-0.2, -0.15) is 0 Å². The number of hydrogen-bond donors (Lipinski definition) is 1. The third-order valence-corrected chi connectivity index (χ3v) is 2.12. The fraction of sp³-hybridized carbons (Fsp3) is 0.333. The molecule has 0 saturated heterocycles. The third kappa shape index (κ3) is 2.68. The summed E-state index contributed by atoms with van der Waals surface area (Å²) in [6.07, 6.45) is -0.241. The standard InChI is InChI=1S/C9H10ClNO3/c1-6(12)4-7-5-8(11(13)14)2-3-9(7)10/h2-3,5-6,12H,4H2,1H3/t6-/m1/s1. The highest BCUT2D eigenvalue weighted by Crippen LogP contribution is 2.23. The molecule has 0 fully saturated rings. The van der Waals surface area contributed by atoms with Crippen molar-refractivity contribution in [2.24, 2.45) is 0 Å². The second-order valence-corrected chi connectivity index (χ2v) is 3.49. The van der Waals surface area contributed by atoms with E-state index >= 15 is 0 Å². The predicted molar refractivity (Wildman–Crippen MR) is 53.5 cm³/mol. The van der Waals surface area contributed by atoms with E-state index < -0.39 is 11.0 Å². The lowest BCUT2D eigenvalue weighted by Gasteiger charge is -2.05. The zero-order chi connectivity index (χ0) is 10.7. The van der Waals surface area contributed by atoms with E-state index in [9.17, 15) is 10.1 Å². The van der Waals surface area contributed by atoms with E-state index in [1.165, 1.54) is 18.2 Å². The van der Waals surface area contributed by atoms with E-state index in [0.29, 0.717) is 17.0 Å². The molecule has 0 radical (unpaired) electrons. The average Bonchev–Trinajstić information content (AvgIpc) is 2.07. The average molecular weight is 216 g/mol. The van der Waals surface area contributed by atoms with Gasteiger partial charge in [0, 0.05) is 17.2 Å². The van der Waals surface area contributed by atoms with Gasteiger partial charge in [0.05, 0.1) is 11.0 Å². The van der Waals surface area contributed by atoms with Crippen molar-refractivity contribution in [3.63, 3.8) is 0 Å². The van der Waals surface area contributed by atoms with Crippen molar-refractivity contribution in [2.75, 3.05) is 0 Å². The van der Waals surface area contributed by atoms with Crippen LogP contribution in [-0.2, 0) is 6.42 Å². The second kappa shape index (κ2) is 4.39. The molecule has 0 aliphatic heterocycles. The van der Waals surface area contributed by atoms with Gasteiger partial charge in [-0.05, 0) is 25.0 Å². The SMILES string of the molecule is C[C@@H](O)Cc1cc([N+](=O)[O-])ccc1Cl. The van der Waals surface area contributed by atoms with Crippen LogP contribution in [0.2, 0.25) is 5.02 Å². The molecule has 1 N–H and O–H groups in total. The van der Waals surface area contributed by atoms with Crippen LogP contribution in [-0.4, -0.2) is 16.1 Å². The number of nitrogens with zero attached hydrogens (tertiary/aromatic N) is 1. The van der Waals surface area contributed by atoms with Crippen LogP contribution in [0, 0.1) is 10.1 Å². The van der Waals surface area contributed by atoms with Gasteiger partial charge >= 0.3 is 0 Å². The fourth-order valence-corrected chi connectivity index (χ4v) is 1.34. The van der Waals surface area contributed by atoms with Crippen molar-refractivity contribution in [2.45, 2.75) is 19.4 Å². The predicted octanol–water partition coefficient (Wildman–Crippen LogP) is 2.17. The molecule has 0 unspecified atom stereocenters. The van der Waals surface area contributed by atoms with Crippen LogP contribution in [0.5, 0.6) is 0 Å². The molecular formula is C9H10ClNO3. The Labute approximate surface area is 86.3 Å². The van der Waals surface area contributed by atoms with Gasteiger partial charge in [-0.25, -0.2) is 0 Å². The molecule has 1 aromatic rings. The Bertz CT molecular complexity index is 352. The van der Waals surface area contributed by atoms with Crippen molar-refractivity contribution in [3.05, 3.63) is 38.9 Å². The van der Waals surface area contributed by atoms with E-state index in [1.54, 1.807) is 6.92 Å². The van der Waals surface area contributed by atoms with E-state index in [1.807, 2.05) is 0 Å². The lowest BCUT2D eigenvalue weighted by molar-refractivity contribution is -0.384. The zero-order valence-electron chi connectivity index (χ0n) is 7.61. The highest BCUT2D eigenvalue weighted by molar-refractivity contribution is 6.31. The largest absolute Gasteiger partial charge is 0.393 e. The Morgan fingerprint density at radius 3 is 2.79 bits per heavy atom. The van der Waals surface area contributed by atoms with Crippen LogP contribution < -0.4 is 0 Å². The topological polar surface area (TPSA) is 63.4 Å². The number of halogens is 1. The third-order valence-electron chi connectivity index (χ3n) is 1.76. The van der Waals surface area contributed by atoms with Crippen molar-refractivity contribution in [1.82, 2.24) is 0 Å². The summed E-state index contributed by atoms with van der Waals surface area (Å²) in [6.45, 7) is 1.61. The highest BCUT2D eigenvalue weighted by atomic mass is 35.5. The first kappa shape index (κ1) is 10.9. The molecular weight excluding hydrogens is 206 g/mol. The van der Waals surface area contributed by atoms with E-state index in [4.69, 9.17) is 16.7 Å². The van der Waals surface area contributed by atoms with Gasteiger partial charge in [-0.1, -0.05) is 11.6 Å². The molecule has 4 nitrogen and oxygen atoms in total. The second-order valence-electron chi connectivity index (χ2n) is 3.09. The van der Waals surface area contributed by atoms with Crippen LogP contribution in [0.3, 0.4) is 0 Å². The Morgan fingerprint density at radius 2 is 2.29 bits per heavy atom. The van der Waals surface area contributed by atoms with Crippen molar-refractivity contribution < 1.29 is 10.0 Å². The summed E-state index contributed by atoms with van der Waals surface area (Å²) in [5.74, 6) is 0. The summed E-state index contributed by atoms with van der Waals surface area (Å²) in [7, 11) is 0. The minimum Gasteiger partial charge on any atom is -0.393 e. The van der Waals surface area contributed by atoms with Gasteiger partial charge in [0.1, 0.15) is 0 Å². The van der Waals surface area contributed by atoms with Crippen LogP contribution in [0.1, 0.15) is 12.5 Å². The summed E-state index contributed by atoms with van der Waals surface area (Å²) in [6, 6.07) is 4.19. The molecule has 0 aliphatic carbocycles. The molecule has 0 aliphatic rings. The highest BCUT2D eigenvalue weighted by Gasteiger charge is 2.10. The Morgan fingerprint density at radius 1 is 1.64 bits per heavy atom. The molecule has 1 aromatic carbocycles. The van der Waals surface area contributed by atoms with Crippen molar-refractivity contribution in [1.29, 1.82) is 0 Å². The van der Waals surface area contributed by atoms with Crippen LogP contribution in [0.15, 0.2) is 18.2 Å². The Hall–Kier alpha value is -1.13. The molecule has 1 rings (SSSR count). The summed E-state index contributed by atoms with van der Waals surface area (Å²) < 4.78 is 0. The lowest BCUT2D eigenvalue weighted by atomic mass is 10.1. The minimum atomic E-state index is -0.561. The van der Waals surface area contributed by atoms with E-state index in [2.05, 4.69) is 0 Å². The van der Waals surface area contributed by atoms with Gasteiger partial charge in [0.25, 0.3) is 5.69 Å². The van der Waals surface area contributed by atoms with Gasteiger partial charge in [-0.3, -0.25) is 10.1 Å². The molecule has 0 bridgehead atoms. The molecule has 1 atom stereocenters. The Kier molecular flexibility index (Phi) is 3.43. The number of non-ortho nitro benzene ring substituents is 1. The van der Waals surface area contributed by atoms with Crippen molar-refractivity contribution >= 4 is 17.3 Å². The van der Waals surface area contributed by atoms with Crippen LogP contribution in [0.4, 0.5) is 5.69 Å². The number of nitro groups is 1. The van der Waals surface area contributed by atoms with E-state index in [-0.39, 0.29) is 5.69 Å². The Balaban J connectivity index is 3.02. The summed E-state index contributed by atoms with van der Waals surface area (Å²) in [5, 5.41) is 20.0. The monoisotopic (exact) mass is 215 g/mol. The van der Waals surface area contributed by atoms with Crippen molar-refractivity contribution in [3.8, 4) is 0 Å². The molecule has 5 heteroatoms. The number of hydrogen-bond acceptors (Lipinski definition) is 3. The molecule has 0 aromatic heterocycles. The number of nitro benzene ring substituents is 1. The number of aliphatic hydroxyl groups is 1. The fourth-order valence-electron chi connectivity index (χ4n) is 1.15. The maximum Gasteiger partial charge on any atom is 0.269 e. The van der Waals surface area contributed by atoms with Gasteiger partial charge < -0.3 is 5.11 Å². The number of rotatable bonds is 3. The van der Waals surface area contributed by atoms with E-state index in [0.717, 1.165) is 0 Å².